The molecule has 0 saturated carbocycles. The molecule has 0 aliphatic heterocycles. The molecule has 1 N–H and O–H groups in total. The Hall–Kier alpha value is -1.68. The van der Waals surface area contributed by atoms with E-state index in [1.807, 2.05) is 36.0 Å². The fraction of sp³-hybridized carbons (Fsp3) is 0.308. The Bertz CT molecular complexity index is 525. The van der Waals surface area contributed by atoms with Crippen LogP contribution < -0.4 is 10.1 Å². The lowest BCUT2D eigenvalue weighted by atomic mass is 10.2. The fourth-order valence-corrected chi connectivity index (χ4v) is 1.95. The number of benzene rings is 1. The van der Waals surface area contributed by atoms with Crippen molar-refractivity contribution < 1.29 is 4.74 Å². The Morgan fingerprint density at radius 2 is 2.28 bits per heavy atom. The molecule has 0 radical (unpaired) electrons. The first-order valence-corrected chi connectivity index (χ1v) is 6.20. The van der Waals surface area contributed by atoms with Gasteiger partial charge in [-0.15, -0.1) is 0 Å². The lowest BCUT2D eigenvalue weighted by molar-refractivity contribution is 0.410. The number of methoxy groups -OCH3 is 1. The van der Waals surface area contributed by atoms with Crippen molar-refractivity contribution in [1.82, 2.24) is 9.78 Å². The van der Waals surface area contributed by atoms with Gasteiger partial charge in [0.15, 0.2) is 0 Å². The van der Waals surface area contributed by atoms with Crippen molar-refractivity contribution in [2.75, 3.05) is 12.4 Å². The van der Waals surface area contributed by atoms with Crippen molar-refractivity contribution in [3.63, 3.8) is 0 Å². The van der Waals surface area contributed by atoms with Crippen LogP contribution in [-0.4, -0.2) is 16.9 Å². The standard InChI is InChI=1S/C13H16ClN3O/c1-3-17-9-10(7-16-17)15-8-11-12(14)5-4-6-13(11)18-2/h4-7,9,15H,3,8H2,1-2H3. The van der Waals surface area contributed by atoms with Gasteiger partial charge in [-0.05, 0) is 19.1 Å². The van der Waals surface area contributed by atoms with E-state index in [0.29, 0.717) is 11.6 Å². The first kappa shape index (κ1) is 12.8. The van der Waals surface area contributed by atoms with Crippen LogP contribution in [0.2, 0.25) is 5.02 Å². The summed E-state index contributed by atoms with van der Waals surface area (Å²) in [5, 5.41) is 8.18. The quantitative estimate of drug-likeness (QED) is 0.903. The van der Waals surface area contributed by atoms with Crippen LogP contribution in [0, 0.1) is 0 Å². The molecule has 0 aliphatic carbocycles. The second-order valence-corrected chi connectivity index (χ2v) is 4.27. The first-order valence-electron chi connectivity index (χ1n) is 5.82. The van der Waals surface area contributed by atoms with E-state index in [1.54, 1.807) is 13.3 Å². The van der Waals surface area contributed by atoms with E-state index in [-0.39, 0.29) is 0 Å². The number of rotatable bonds is 5. The average molecular weight is 266 g/mol. The van der Waals surface area contributed by atoms with Gasteiger partial charge in [-0.2, -0.15) is 5.10 Å². The lowest BCUT2D eigenvalue weighted by Crippen LogP contribution is -2.02. The SMILES string of the molecule is CCn1cc(NCc2c(Cl)cccc2OC)cn1. The summed E-state index contributed by atoms with van der Waals surface area (Å²) in [5.74, 6) is 0.790. The summed E-state index contributed by atoms with van der Waals surface area (Å²) in [7, 11) is 1.64. The van der Waals surface area contributed by atoms with Crippen LogP contribution >= 0.6 is 11.6 Å². The topological polar surface area (TPSA) is 39.1 Å². The largest absolute Gasteiger partial charge is 0.496 e. The maximum Gasteiger partial charge on any atom is 0.125 e. The highest BCUT2D eigenvalue weighted by Crippen LogP contribution is 2.26. The molecule has 0 amide bonds. The fourth-order valence-electron chi connectivity index (χ4n) is 1.72. The molecular formula is C13H16ClN3O. The van der Waals surface area contributed by atoms with Gasteiger partial charge >= 0.3 is 0 Å². The van der Waals surface area contributed by atoms with Crippen molar-refractivity contribution >= 4 is 17.3 Å². The molecule has 0 aliphatic rings. The number of hydrogen-bond acceptors (Lipinski definition) is 3. The van der Waals surface area contributed by atoms with E-state index in [1.165, 1.54) is 0 Å². The number of aryl methyl sites for hydroxylation is 1. The molecule has 0 fully saturated rings. The summed E-state index contributed by atoms with van der Waals surface area (Å²) in [6.45, 7) is 3.52. The minimum atomic E-state index is 0.609. The number of halogens is 1. The van der Waals surface area contributed by atoms with Crippen LogP contribution in [0.5, 0.6) is 5.75 Å². The molecule has 5 heteroatoms. The number of anilines is 1. The average Bonchev–Trinajstić information content (AvgIpc) is 2.85. The van der Waals surface area contributed by atoms with Gasteiger partial charge < -0.3 is 10.1 Å². The lowest BCUT2D eigenvalue weighted by Gasteiger charge is -2.11. The van der Waals surface area contributed by atoms with Crippen LogP contribution in [0.1, 0.15) is 12.5 Å². The van der Waals surface area contributed by atoms with Crippen LogP contribution in [-0.2, 0) is 13.1 Å². The number of ether oxygens (including phenoxy) is 1. The van der Waals surface area contributed by atoms with E-state index in [4.69, 9.17) is 16.3 Å². The van der Waals surface area contributed by atoms with E-state index in [2.05, 4.69) is 10.4 Å². The molecule has 2 rings (SSSR count). The molecule has 96 valence electrons. The minimum absolute atomic E-state index is 0.609. The Morgan fingerprint density at radius 1 is 1.44 bits per heavy atom. The second-order valence-electron chi connectivity index (χ2n) is 3.86. The van der Waals surface area contributed by atoms with Gasteiger partial charge in [0, 0.05) is 29.9 Å². The molecule has 1 aromatic carbocycles. The Kier molecular flexibility index (Phi) is 4.10. The maximum absolute atomic E-state index is 6.17. The molecule has 4 nitrogen and oxygen atoms in total. The molecule has 1 aromatic heterocycles. The summed E-state index contributed by atoms with van der Waals surface area (Å²) in [4.78, 5) is 0. The molecule has 1 heterocycles. The molecule has 18 heavy (non-hydrogen) atoms. The van der Waals surface area contributed by atoms with Crippen molar-refractivity contribution in [3.05, 3.63) is 41.2 Å². The predicted molar refractivity (Wildman–Crippen MR) is 73.2 cm³/mol. The van der Waals surface area contributed by atoms with Gasteiger partial charge in [0.2, 0.25) is 0 Å². The smallest absolute Gasteiger partial charge is 0.125 e. The minimum Gasteiger partial charge on any atom is -0.496 e. The van der Waals surface area contributed by atoms with Crippen molar-refractivity contribution in [3.8, 4) is 5.75 Å². The monoisotopic (exact) mass is 265 g/mol. The zero-order valence-electron chi connectivity index (χ0n) is 10.5. The van der Waals surface area contributed by atoms with Crippen molar-refractivity contribution in [1.29, 1.82) is 0 Å². The van der Waals surface area contributed by atoms with Crippen molar-refractivity contribution in [2.24, 2.45) is 0 Å². The van der Waals surface area contributed by atoms with E-state index >= 15 is 0 Å². The number of hydrogen-bond donors (Lipinski definition) is 1. The van der Waals surface area contributed by atoms with Crippen LogP contribution in [0.15, 0.2) is 30.6 Å². The van der Waals surface area contributed by atoms with Gasteiger partial charge in [-0.1, -0.05) is 17.7 Å². The second kappa shape index (κ2) is 5.78. The van der Waals surface area contributed by atoms with Crippen LogP contribution in [0.3, 0.4) is 0 Å². The Morgan fingerprint density at radius 3 is 2.94 bits per heavy atom. The van der Waals surface area contributed by atoms with Gasteiger partial charge in [0.25, 0.3) is 0 Å². The normalized spacial score (nSPS) is 10.4. The summed E-state index contributed by atoms with van der Waals surface area (Å²) >= 11 is 6.17. The van der Waals surface area contributed by atoms with Crippen molar-refractivity contribution in [2.45, 2.75) is 20.0 Å². The molecule has 0 atom stereocenters. The summed E-state index contributed by atoms with van der Waals surface area (Å²) in [5.41, 5.74) is 1.92. The Balaban J connectivity index is 2.10. The summed E-state index contributed by atoms with van der Waals surface area (Å²) in [6, 6.07) is 5.63. The molecular weight excluding hydrogens is 250 g/mol. The molecule has 0 bridgehead atoms. The molecule has 0 unspecified atom stereocenters. The molecule has 0 saturated heterocycles. The molecule has 2 aromatic rings. The Labute approximate surface area is 112 Å². The van der Waals surface area contributed by atoms with Gasteiger partial charge in [0.1, 0.15) is 5.75 Å². The van der Waals surface area contributed by atoms with Gasteiger partial charge in [-0.3, -0.25) is 4.68 Å². The third-order valence-electron chi connectivity index (χ3n) is 2.72. The highest BCUT2D eigenvalue weighted by Gasteiger charge is 2.07. The predicted octanol–water partition coefficient (Wildman–Crippen LogP) is 3.18. The first-order chi connectivity index (χ1) is 8.74. The molecule has 0 spiro atoms. The summed E-state index contributed by atoms with van der Waals surface area (Å²) < 4.78 is 7.16. The van der Waals surface area contributed by atoms with E-state index in [0.717, 1.165) is 23.5 Å². The third kappa shape index (κ3) is 2.76. The van der Waals surface area contributed by atoms with E-state index in [9.17, 15) is 0 Å². The number of nitrogens with zero attached hydrogens (tertiary/aromatic N) is 2. The highest BCUT2D eigenvalue weighted by atomic mass is 35.5. The maximum atomic E-state index is 6.17. The van der Waals surface area contributed by atoms with Gasteiger partial charge in [-0.25, -0.2) is 0 Å². The number of nitrogens with one attached hydrogen (secondary N) is 1. The summed E-state index contributed by atoms with van der Waals surface area (Å²) in [6.07, 6.45) is 3.76. The van der Waals surface area contributed by atoms with Crippen LogP contribution in [0.4, 0.5) is 5.69 Å². The van der Waals surface area contributed by atoms with Gasteiger partial charge in [0.05, 0.1) is 19.0 Å². The van der Waals surface area contributed by atoms with Crippen LogP contribution in [0.25, 0.3) is 0 Å². The highest BCUT2D eigenvalue weighted by molar-refractivity contribution is 6.31. The zero-order chi connectivity index (χ0) is 13.0. The third-order valence-corrected chi connectivity index (χ3v) is 3.08. The van der Waals surface area contributed by atoms with E-state index < -0.39 is 0 Å². The number of aromatic nitrogens is 2. The zero-order valence-corrected chi connectivity index (χ0v) is 11.2.